The van der Waals surface area contributed by atoms with Gasteiger partial charge in [-0.3, -0.25) is 10.00 Å². The molecule has 1 heterocycles. The van der Waals surface area contributed by atoms with Crippen molar-refractivity contribution < 1.29 is 23.1 Å². The van der Waals surface area contributed by atoms with Crippen molar-refractivity contribution in [1.82, 2.24) is 15.1 Å². The third kappa shape index (κ3) is 9.28. The van der Waals surface area contributed by atoms with E-state index in [-0.39, 0.29) is 0 Å². The highest BCUT2D eigenvalue weighted by Crippen LogP contribution is 2.29. The van der Waals surface area contributed by atoms with Crippen LogP contribution in [0.2, 0.25) is 5.02 Å². The number of carbonyl (C=O) groups is 1. The molecule has 1 saturated carbocycles. The van der Waals surface area contributed by atoms with Crippen LogP contribution in [0.3, 0.4) is 0 Å². The molecule has 0 unspecified atom stereocenters. The van der Waals surface area contributed by atoms with Crippen molar-refractivity contribution >= 4 is 17.6 Å². The quantitative estimate of drug-likeness (QED) is 0.567. The van der Waals surface area contributed by atoms with Crippen molar-refractivity contribution in [2.45, 2.75) is 44.9 Å². The highest BCUT2D eigenvalue weighted by molar-refractivity contribution is 6.30. The number of hydrogen-bond acceptors (Lipinski definition) is 4. The lowest BCUT2D eigenvalue weighted by molar-refractivity contribution is -0.192. The first-order valence-corrected chi connectivity index (χ1v) is 10.5. The van der Waals surface area contributed by atoms with Gasteiger partial charge in [-0.1, -0.05) is 23.7 Å². The van der Waals surface area contributed by atoms with Crippen LogP contribution in [-0.2, 0) is 17.9 Å². The Labute approximate surface area is 184 Å². The van der Waals surface area contributed by atoms with Gasteiger partial charge in [0.25, 0.3) is 0 Å². The summed E-state index contributed by atoms with van der Waals surface area (Å²) in [6.45, 7) is 3.81. The number of halogens is 4. The van der Waals surface area contributed by atoms with Crippen molar-refractivity contribution in [3.63, 3.8) is 0 Å². The second kappa shape index (κ2) is 12.1. The number of H-pyrrole nitrogens is 1. The summed E-state index contributed by atoms with van der Waals surface area (Å²) in [6, 6.07) is 10.2. The highest BCUT2D eigenvalue weighted by Gasteiger charge is 2.38. The molecule has 0 atom stereocenters. The molecule has 10 heteroatoms. The molecule has 1 aliphatic carbocycles. The summed E-state index contributed by atoms with van der Waals surface area (Å²) in [6.07, 6.45) is 1.88. The third-order valence-corrected chi connectivity index (χ3v) is 5.58. The lowest BCUT2D eigenvalue weighted by Crippen LogP contribution is -2.32. The number of nitrogens with one attached hydrogen (secondary N) is 1. The first-order valence-electron chi connectivity index (χ1n) is 10.1. The van der Waals surface area contributed by atoms with E-state index in [1.54, 1.807) is 0 Å². The van der Waals surface area contributed by atoms with Crippen molar-refractivity contribution in [2.24, 2.45) is 17.6 Å². The van der Waals surface area contributed by atoms with E-state index >= 15 is 0 Å². The predicted molar refractivity (Wildman–Crippen MR) is 112 cm³/mol. The number of aromatic nitrogens is 2. The van der Waals surface area contributed by atoms with Gasteiger partial charge in [-0.2, -0.15) is 18.3 Å². The number of hydrogen-bond donors (Lipinski definition) is 3. The van der Waals surface area contributed by atoms with Crippen LogP contribution in [0.15, 0.2) is 36.5 Å². The molecule has 172 valence electrons. The second-order valence-electron chi connectivity index (χ2n) is 7.80. The average molecular weight is 461 g/mol. The number of benzene rings is 1. The Kier molecular flexibility index (Phi) is 9.80. The number of carboxylic acids is 1. The molecule has 1 aromatic heterocycles. The summed E-state index contributed by atoms with van der Waals surface area (Å²) >= 11 is 6.01. The Morgan fingerprint density at radius 1 is 1.13 bits per heavy atom. The molecule has 0 aliphatic heterocycles. The molecule has 0 spiro atoms. The van der Waals surface area contributed by atoms with Gasteiger partial charge in [0.15, 0.2) is 0 Å². The summed E-state index contributed by atoms with van der Waals surface area (Å²) in [5.41, 5.74) is 8.29. The monoisotopic (exact) mass is 460 g/mol. The fraction of sp³-hybridized carbons (Fsp3) is 0.524. The zero-order valence-corrected chi connectivity index (χ0v) is 17.9. The van der Waals surface area contributed by atoms with Gasteiger partial charge in [0.05, 0.1) is 0 Å². The molecule has 4 N–H and O–H groups in total. The van der Waals surface area contributed by atoms with Gasteiger partial charge in [0, 0.05) is 36.5 Å². The van der Waals surface area contributed by atoms with Gasteiger partial charge >= 0.3 is 12.1 Å². The van der Waals surface area contributed by atoms with Gasteiger partial charge in [0.2, 0.25) is 0 Å². The number of aromatic amines is 1. The summed E-state index contributed by atoms with van der Waals surface area (Å²) in [7, 11) is 0. The normalized spacial score (nSPS) is 19.0. The largest absolute Gasteiger partial charge is 0.490 e. The predicted octanol–water partition coefficient (Wildman–Crippen LogP) is 4.46. The number of rotatable bonds is 7. The van der Waals surface area contributed by atoms with Crippen LogP contribution in [-0.4, -0.2) is 45.4 Å². The first-order chi connectivity index (χ1) is 14.7. The van der Waals surface area contributed by atoms with E-state index < -0.39 is 12.1 Å². The second-order valence-corrected chi connectivity index (χ2v) is 8.24. The molecule has 3 rings (SSSR count). The maximum atomic E-state index is 10.6. The molecule has 6 nitrogen and oxygen atoms in total. The molecule has 0 bridgehead atoms. The minimum absolute atomic E-state index is 0.735. The standard InChI is InChI=1S/C19H27ClN4.C2HF3O2/c20-18-7-5-17(6-8-18)13-24(14-19-9-10-22-23-19)12-16-3-1-15(11-21)2-4-16;3-2(4,5)1(6)7/h5-10,15-16H,1-4,11-14,21H2,(H,22,23);(H,6,7). The van der Waals surface area contributed by atoms with Crippen LogP contribution in [0.5, 0.6) is 0 Å². The highest BCUT2D eigenvalue weighted by atomic mass is 35.5. The zero-order chi connectivity index (χ0) is 22.9. The molecule has 2 aromatic rings. The van der Waals surface area contributed by atoms with E-state index in [9.17, 15) is 13.2 Å². The summed E-state index contributed by atoms with van der Waals surface area (Å²) in [5, 5.41) is 15.1. The molecule has 0 amide bonds. The molecular formula is C21H28ClF3N4O2. The van der Waals surface area contributed by atoms with E-state index in [1.165, 1.54) is 36.9 Å². The topological polar surface area (TPSA) is 95.2 Å². The molecule has 1 aliphatic rings. The van der Waals surface area contributed by atoms with Crippen LogP contribution in [0.25, 0.3) is 0 Å². The van der Waals surface area contributed by atoms with E-state index in [1.807, 2.05) is 18.3 Å². The molecule has 1 fully saturated rings. The summed E-state index contributed by atoms with van der Waals surface area (Å²) in [4.78, 5) is 11.4. The molecule has 0 radical (unpaired) electrons. The van der Waals surface area contributed by atoms with Crippen LogP contribution >= 0.6 is 11.6 Å². The number of alkyl halides is 3. The number of nitrogens with two attached hydrogens (primary N) is 1. The Hall–Kier alpha value is -2.10. The van der Waals surface area contributed by atoms with Gasteiger partial charge in [-0.05, 0) is 67.8 Å². The number of nitrogens with zero attached hydrogens (tertiary/aromatic N) is 2. The van der Waals surface area contributed by atoms with Crippen LogP contribution in [0.1, 0.15) is 36.9 Å². The van der Waals surface area contributed by atoms with Crippen LogP contribution < -0.4 is 5.73 Å². The van der Waals surface area contributed by atoms with Gasteiger partial charge < -0.3 is 10.8 Å². The van der Waals surface area contributed by atoms with E-state index in [0.29, 0.717) is 0 Å². The minimum Gasteiger partial charge on any atom is -0.475 e. The van der Waals surface area contributed by atoms with E-state index in [4.69, 9.17) is 27.2 Å². The van der Waals surface area contributed by atoms with E-state index in [2.05, 4.69) is 33.3 Å². The Balaban J connectivity index is 0.000000423. The zero-order valence-electron chi connectivity index (χ0n) is 17.1. The Morgan fingerprint density at radius 3 is 2.19 bits per heavy atom. The van der Waals surface area contributed by atoms with Gasteiger partial charge in [-0.25, -0.2) is 4.79 Å². The van der Waals surface area contributed by atoms with Crippen LogP contribution in [0.4, 0.5) is 13.2 Å². The van der Waals surface area contributed by atoms with Gasteiger partial charge in [0.1, 0.15) is 0 Å². The molecule has 0 saturated heterocycles. The SMILES string of the molecule is NCC1CCC(CN(Cc2ccc(Cl)cc2)Cc2ccn[nH]2)CC1.O=C(O)C(F)(F)F. The Bertz CT molecular complexity index is 777. The lowest BCUT2D eigenvalue weighted by atomic mass is 9.82. The number of carboxylic acid groups (broad SMARTS) is 1. The smallest absolute Gasteiger partial charge is 0.475 e. The third-order valence-electron chi connectivity index (χ3n) is 5.33. The number of aliphatic carboxylic acids is 1. The fourth-order valence-electron chi connectivity index (χ4n) is 3.66. The lowest BCUT2D eigenvalue weighted by Gasteiger charge is -2.32. The maximum Gasteiger partial charge on any atom is 0.490 e. The van der Waals surface area contributed by atoms with Crippen molar-refractivity contribution in [1.29, 1.82) is 0 Å². The average Bonchev–Trinajstić information content (AvgIpc) is 3.23. The first kappa shape index (κ1) is 25.2. The van der Waals surface area contributed by atoms with Crippen molar-refractivity contribution in [3.05, 3.63) is 52.8 Å². The Morgan fingerprint density at radius 2 is 1.71 bits per heavy atom. The van der Waals surface area contributed by atoms with Crippen molar-refractivity contribution in [2.75, 3.05) is 13.1 Å². The van der Waals surface area contributed by atoms with E-state index in [0.717, 1.165) is 43.0 Å². The maximum absolute atomic E-state index is 10.6. The fourth-order valence-corrected chi connectivity index (χ4v) is 3.79. The molecular weight excluding hydrogens is 433 g/mol. The summed E-state index contributed by atoms with van der Waals surface area (Å²) in [5.74, 6) is -1.26. The molecule has 1 aromatic carbocycles. The van der Waals surface area contributed by atoms with Crippen LogP contribution in [0, 0.1) is 11.8 Å². The minimum atomic E-state index is -5.08. The molecule has 31 heavy (non-hydrogen) atoms. The summed E-state index contributed by atoms with van der Waals surface area (Å²) < 4.78 is 31.7. The van der Waals surface area contributed by atoms with Crippen molar-refractivity contribution in [3.8, 4) is 0 Å². The van der Waals surface area contributed by atoms with Gasteiger partial charge in [-0.15, -0.1) is 0 Å².